The monoisotopic (exact) mass is 541 g/mol. The summed E-state index contributed by atoms with van der Waals surface area (Å²) in [5.74, 6) is -5.81. The Kier molecular flexibility index (Phi) is 10.6. The lowest BCUT2D eigenvalue weighted by Crippen LogP contribution is -2.49. The molecule has 2 aliphatic heterocycles. The molecule has 2 saturated heterocycles. The van der Waals surface area contributed by atoms with Gasteiger partial charge in [0, 0.05) is 56.2 Å². The number of likely N-dealkylation sites (tertiary alicyclic amines) is 1. The van der Waals surface area contributed by atoms with Gasteiger partial charge in [-0.3, -0.25) is 9.59 Å². The molecule has 0 aliphatic carbocycles. The van der Waals surface area contributed by atoms with Crippen molar-refractivity contribution in [2.75, 3.05) is 13.1 Å². The minimum absolute atomic E-state index is 0.0467. The Balaban J connectivity index is 0.000000550. The Morgan fingerprint density at radius 1 is 1.05 bits per heavy atom. The molecule has 1 aromatic rings. The van der Waals surface area contributed by atoms with Crippen LogP contribution in [0.25, 0.3) is 0 Å². The molecule has 2 fully saturated rings. The summed E-state index contributed by atoms with van der Waals surface area (Å²) in [6, 6.07) is -0.0455. The summed E-state index contributed by atoms with van der Waals surface area (Å²) in [5.41, 5.74) is 5.81. The number of carboxylic acids is 2. The van der Waals surface area contributed by atoms with Gasteiger partial charge in [0.1, 0.15) is 5.82 Å². The van der Waals surface area contributed by atoms with Gasteiger partial charge in [0.05, 0.1) is 6.04 Å². The number of ketones is 1. The maximum absolute atomic E-state index is 13.9. The average Bonchev–Trinajstić information content (AvgIpc) is 3.36. The van der Waals surface area contributed by atoms with Crippen molar-refractivity contribution >= 4 is 23.6 Å². The van der Waals surface area contributed by atoms with E-state index in [9.17, 15) is 32.3 Å². The first-order valence-corrected chi connectivity index (χ1v) is 12.2. The third-order valence-corrected chi connectivity index (χ3v) is 6.26. The predicted octanol–water partition coefficient (Wildman–Crippen LogP) is 2.27. The maximum Gasteiger partial charge on any atom is 0.328 e. The van der Waals surface area contributed by atoms with Gasteiger partial charge in [-0.1, -0.05) is 20.8 Å². The second-order valence-corrected chi connectivity index (χ2v) is 10.8. The molecule has 4 atom stereocenters. The second-order valence-electron chi connectivity index (χ2n) is 10.8. The Labute approximate surface area is 218 Å². The quantitative estimate of drug-likeness (QED) is 0.289. The molecule has 0 saturated carbocycles. The number of fused-ring (bicyclic) bond motifs is 1. The fraction of sp³-hybridized carbons (Fsp3) is 0.538. The number of Topliss-reactive ketones (excluding diaryl/α,β-unsaturated/α-hetero) is 1. The number of hydrogen-bond donors (Lipinski definition) is 4. The number of carbonyl (C=O) groups is 4. The van der Waals surface area contributed by atoms with Gasteiger partial charge in [0.15, 0.2) is 17.4 Å². The van der Waals surface area contributed by atoms with Gasteiger partial charge < -0.3 is 26.2 Å². The average molecular weight is 542 g/mol. The molecule has 0 aromatic heterocycles. The zero-order chi connectivity index (χ0) is 28.8. The van der Waals surface area contributed by atoms with Crippen LogP contribution in [-0.4, -0.2) is 70.0 Å². The van der Waals surface area contributed by atoms with E-state index in [1.165, 1.54) is 0 Å². The molecule has 0 radical (unpaired) electrons. The number of aliphatic carboxylic acids is 2. The van der Waals surface area contributed by atoms with E-state index in [0.717, 1.165) is 12.6 Å². The van der Waals surface area contributed by atoms with Crippen LogP contribution in [0.15, 0.2) is 24.3 Å². The number of rotatable bonds is 8. The third kappa shape index (κ3) is 8.95. The maximum atomic E-state index is 13.9. The van der Waals surface area contributed by atoms with Crippen molar-refractivity contribution < 1.29 is 42.6 Å². The van der Waals surface area contributed by atoms with E-state index >= 15 is 0 Å². The van der Waals surface area contributed by atoms with Crippen LogP contribution in [0.4, 0.5) is 13.2 Å². The number of nitrogens with one attached hydrogen (secondary N) is 1. The van der Waals surface area contributed by atoms with Gasteiger partial charge >= 0.3 is 11.9 Å². The molecule has 210 valence electrons. The number of hydrogen-bond acceptors (Lipinski definition) is 6. The van der Waals surface area contributed by atoms with Crippen LogP contribution < -0.4 is 11.1 Å². The molecular weight excluding hydrogens is 507 g/mol. The van der Waals surface area contributed by atoms with Crippen LogP contribution in [0.2, 0.25) is 0 Å². The fourth-order valence-electron chi connectivity index (χ4n) is 4.75. The Morgan fingerprint density at radius 2 is 1.63 bits per heavy atom. The number of carbonyl (C=O) groups excluding carboxylic acids is 2. The van der Waals surface area contributed by atoms with Crippen LogP contribution in [0, 0.1) is 28.8 Å². The predicted molar refractivity (Wildman–Crippen MR) is 132 cm³/mol. The number of benzene rings is 1. The normalized spacial score (nSPS) is 21.6. The summed E-state index contributed by atoms with van der Waals surface area (Å²) in [4.78, 5) is 46.8. The van der Waals surface area contributed by atoms with Crippen LogP contribution in [-0.2, 0) is 25.6 Å². The summed E-state index contributed by atoms with van der Waals surface area (Å²) in [6.45, 7) is 7.35. The lowest BCUT2D eigenvalue weighted by atomic mass is 9.86. The Hall–Kier alpha value is -3.25. The van der Waals surface area contributed by atoms with Gasteiger partial charge in [0.2, 0.25) is 5.91 Å². The fourth-order valence-corrected chi connectivity index (χ4v) is 4.75. The molecule has 0 spiro atoms. The molecule has 3 rings (SSSR count). The molecule has 1 unspecified atom stereocenters. The molecule has 1 aromatic carbocycles. The van der Waals surface area contributed by atoms with E-state index < -0.39 is 41.5 Å². The van der Waals surface area contributed by atoms with Crippen molar-refractivity contribution in [3.63, 3.8) is 0 Å². The van der Waals surface area contributed by atoms with E-state index in [-0.39, 0.29) is 47.5 Å². The van der Waals surface area contributed by atoms with Crippen LogP contribution >= 0.6 is 0 Å². The molecule has 9 nitrogen and oxygen atoms in total. The standard InChI is InChI=1S/C22H30F3N3O2.C4H4O4/c1-22(2,3)9-20(29)18-6-13-10-27-11-19(13)28(18)21(30)7-14(26)4-12-5-16(24)17(25)8-15(12)23;5-3(6)1-2-4(7)8/h5,8,13-14,18-19,27H,4,6-7,9-11,26H2,1-3H3;1-2H,(H,5,6)(H,7,8)/b;2-1+/t13-,14+,18?,19+;/m0./s1. The number of nitrogens with zero attached hydrogens (tertiary/aromatic N) is 1. The van der Waals surface area contributed by atoms with Gasteiger partial charge in [-0.05, 0) is 35.8 Å². The summed E-state index contributed by atoms with van der Waals surface area (Å²) < 4.78 is 40.5. The highest BCUT2D eigenvalue weighted by Gasteiger charge is 2.48. The summed E-state index contributed by atoms with van der Waals surface area (Å²) >= 11 is 0. The lowest BCUT2D eigenvalue weighted by Gasteiger charge is -2.31. The highest BCUT2D eigenvalue weighted by atomic mass is 19.2. The number of carboxylic acid groups (broad SMARTS) is 2. The highest BCUT2D eigenvalue weighted by Crippen LogP contribution is 2.35. The van der Waals surface area contributed by atoms with E-state index in [4.69, 9.17) is 15.9 Å². The zero-order valence-electron chi connectivity index (χ0n) is 21.5. The van der Waals surface area contributed by atoms with Crippen LogP contribution in [0.3, 0.4) is 0 Å². The zero-order valence-corrected chi connectivity index (χ0v) is 21.5. The first-order chi connectivity index (χ1) is 17.6. The van der Waals surface area contributed by atoms with Gasteiger partial charge in [-0.2, -0.15) is 0 Å². The van der Waals surface area contributed by atoms with Crippen molar-refractivity contribution in [3.05, 3.63) is 47.3 Å². The van der Waals surface area contributed by atoms with E-state index in [1.54, 1.807) is 4.90 Å². The first kappa shape index (κ1) is 31.0. The molecule has 0 bridgehead atoms. The van der Waals surface area contributed by atoms with E-state index in [0.29, 0.717) is 37.6 Å². The van der Waals surface area contributed by atoms with E-state index in [1.807, 2.05) is 20.8 Å². The van der Waals surface area contributed by atoms with Crippen molar-refractivity contribution in [3.8, 4) is 0 Å². The minimum Gasteiger partial charge on any atom is -0.478 e. The van der Waals surface area contributed by atoms with Crippen LogP contribution in [0.5, 0.6) is 0 Å². The van der Waals surface area contributed by atoms with Crippen molar-refractivity contribution in [2.24, 2.45) is 17.1 Å². The summed E-state index contributed by atoms with van der Waals surface area (Å²) in [5, 5.41) is 18.9. The summed E-state index contributed by atoms with van der Waals surface area (Å²) in [7, 11) is 0. The van der Waals surface area contributed by atoms with Gasteiger partial charge in [-0.25, -0.2) is 22.8 Å². The third-order valence-electron chi connectivity index (χ3n) is 6.26. The van der Waals surface area contributed by atoms with Crippen molar-refractivity contribution in [2.45, 2.75) is 64.6 Å². The topological polar surface area (TPSA) is 150 Å². The second kappa shape index (κ2) is 13.0. The molecule has 2 heterocycles. The molecule has 38 heavy (non-hydrogen) atoms. The first-order valence-electron chi connectivity index (χ1n) is 12.2. The lowest BCUT2D eigenvalue weighted by molar-refractivity contribution is -0.140. The van der Waals surface area contributed by atoms with Crippen molar-refractivity contribution in [1.29, 1.82) is 0 Å². The molecule has 12 heteroatoms. The van der Waals surface area contributed by atoms with Crippen molar-refractivity contribution in [1.82, 2.24) is 10.2 Å². The highest BCUT2D eigenvalue weighted by molar-refractivity contribution is 5.91. The van der Waals surface area contributed by atoms with Gasteiger partial charge in [0.25, 0.3) is 0 Å². The molecule has 5 N–H and O–H groups in total. The minimum atomic E-state index is -1.27. The number of nitrogens with two attached hydrogens (primary N) is 1. The smallest absolute Gasteiger partial charge is 0.328 e. The molecule has 2 aliphatic rings. The van der Waals surface area contributed by atoms with E-state index in [2.05, 4.69) is 5.32 Å². The molecular formula is C26H34F3N3O6. The summed E-state index contributed by atoms with van der Waals surface area (Å²) in [6.07, 6.45) is 1.92. The Bertz CT molecular complexity index is 1070. The number of amides is 1. The largest absolute Gasteiger partial charge is 0.478 e. The molecule has 1 amide bonds. The SMILES string of the molecule is CC(C)(C)CC(=O)C1C[C@H]2CNC[C@H]2N1C(=O)C[C@H](N)Cc1cc(F)c(F)cc1F.O=C(O)/C=C/C(=O)O. The number of halogens is 3. The Morgan fingerprint density at radius 3 is 2.18 bits per heavy atom. The van der Waals surface area contributed by atoms with Crippen LogP contribution in [0.1, 0.15) is 45.6 Å². The van der Waals surface area contributed by atoms with Gasteiger partial charge in [-0.15, -0.1) is 0 Å².